The first kappa shape index (κ1) is 19.5. The number of hydrogen-bond acceptors (Lipinski definition) is 6. The second kappa shape index (κ2) is 8.70. The van der Waals surface area contributed by atoms with E-state index in [-0.39, 0.29) is 0 Å². The van der Waals surface area contributed by atoms with Crippen LogP contribution in [0.25, 0.3) is 22.8 Å². The molecular formula is C25H25N5O. The van der Waals surface area contributed by atoms with Crippen LogP contribution in [0, 0.1) is 6.92 Å². The van der Waals surface area contributed by atoms with Gasteiger partial charge in [0.2, 0.25) is 5.82 Å². The smallest absolute Gasteiger partial charge is 0.261 e. The highest BCUT2D eigenvalue weighted by Gasteiger charge is 2.23. The minimum absolute atomic E-state index is 0.505. The number of benzene rings is 2. The van der Waals surface area contributed by atoms with Crippen molar-refractivity contribution in [2.75, 3.05) is 31.1 Å². The predicted octanol–water partition coefficient (Wildman–Crippen LogP) is 4.43. The van der Waals surface area contributed by atoms with Gasteiger partial charge >= 0.3 is 0 Å². The summed E-state index contributed by atoms with van der Waals surface area (Å²) >= 11 is 0. The zero-order valence-corrected chi connectivity index (χ0v) is 17.6. The van der Waals surface area contributed by atoms with Crippen LogP contribution in [0.4, 0.5) is 5.82 Å². The molecule has 0 aliphatic carbocycles. The lowest BCUT2D eigenvalue weighted by Crippen LogP contribution is -2.46. The molecule has 156 valence electrons. The Kier molecular flexibility index (Phi) is 5.46. The van der Waals surface area contributed by atoms with E-state index in [1.807, 2.05) is 30.5 Å². The van der Waals surface area contributed by atoms with Gasteiger partial charge in [0.05, 0.1) is 5.56 Å². The van der Waals surface area contributed by atoms with Crippen LogP contribution in [0.2, 0.25) is 0 Å². The zero-order valence-electron chi connectivity index (χ0n) is 17.6. The third-order valence-electron chi connectivity index (χ3n) is 5.67. The summed E-state index contributed by atoms with van der Waals surface area (Å²) in [5.74, 6) is 2.00. The van der Waals surface area contributed by atoms with Crippen molar-refractivity contribution in [2.24, 2.45) is 0 Å². The van der Waals surface area contributed by atoms with E-state index < -0.39 is 0 Å². The Balaban J connectivity index is 1.32. The number of anilines is 1. The number of nitrogens with zero attached hydrogens (tertiary/aromatic N) is 5. The van der Waals surface area contributed by atoms with Crippen LogP contribution in [-0.4, -0.2) is 46.2 Å². The van der Waals surface area contributed by atoms with Crippen molar-refractivity contribution in [3.05, 3.63) is 84.1 Å². The van der Waals surface area contributed by atoms with E-state index >= 15 is 0 Å². The highest BCUT2D eigenvalue weighted by molar-refractivity contribution is 5.71. The summed E-state index contributed by atoms with van der Waals surface area (Å²) in [5, 5.41) is 4.20. The summed E-state index contributed by atoms with van der Waals surface area (Å²) in [6, 6.07) is 22.7. The number of aromatic nitrogens is 3. The van der Waals surface area contributed by atoms with Crippen LogP contribution in [0.5, 0.6) is 0 Å². The van der Waals surface area contributed by atoms with Gasteiger partial charge in [-0.1, -0.05) is 65.3 Å². The van der Waals surface area contributed by atoms with Crippen molar-refractivity contribution in [3.63, 3.8) is 0 Å². The minimum atomic E-state index is 0.505. The van der Waals surface area contributed by atoms with E-state index in [0.29, 0.717) is 11.7 Å². The van der Waals surface area contributed by atoms with Crippen LogP contribution in [0.3, 0.4) is 0 Å². The largest absolute Gasteiger partial charge is 0.353 e. The van der Waals surface area contributed by atoms with Gasteiger partial charge in [-0.15, -0.1) is 0 Å². The number of pyridine rings is 1. The van der Waals surface area contributed by atoms with Crippen LogP contribution in [0.1, 0.15) is 11.1 Å². The maximum atomic E-state index is 5.63. The Hall–Kier alpha value is -3.51. The molecule has 6 heteroatoms. The predicted molar refractivity (Wildman–Crippen MR) is 122 cm³/mol. The van der Waals surface area contributed by atoms with Gasteiger partial charge in [0, 0.05) is 44.5 Å². The molecule has 0 N–H and O–H groups in total. The summed E-state index contributed by atoms with van der Waals surface area (Å²) in [4.78, 5) is 14.1. The van der Waals surface area contributed by atoms with E-state index in [1.54, 1.807) is 0 Å². The maximum absolute atomic E-state index is 5.63. The molecule has 31 heavy (non-hydrogen) atoms. The van der Waals surface area contributed by atoms with Crippen molar-refractivity contribution in [1.29, 1.82) is 0 Å². The van der Waals surface area contributed by atoms with Gasteiger partial charge in [0.15, 0.2) is 0 Å². The van der Waals surface area contributed by atoms with Crippen LogP contribution >= 0.6 is 0 Å². The van der Waals surface area contributed by atoms with Crippen LogP contribution in [-0.2, 0) is 6.54 Å². The van der Waals surface area contributed by atoms with E-state index in [2.05, 4.69) is 74.3 Å². The monoisotopic (exact) mass is 411 g/mol. The molecule has 1 saturated heterocycles. The summed E-state index contributed by atoms with van der Waals surface area (Å²) in [7, 11) is 0. The SMILES string of the molecule is Cc1ccc(-c2noc(-c3cccnc3N3CCN(Cc4ccccc4)CC3)n2)cc1. The molecule has 2 aromatic carbocycles. The lowest BCUT2D eigenvalue weighted by Gasteiger charge is -2.35. The van der Waals surface area contributed by atoms with Crippen molar-refractivity contribution in [2.45, 2.75) is 13.5 Å². The van der Waals surface area contributed by atoms with E-state index in [4.69, 9.17) is 4.52 Å². The Labute approximate surface area is 182 Å². The fourth-order valence-electron chi connectivity index (χ4n) is 3.93. The van der Waals surface area contributed by atoms with Gasteiger partial charge in [0.25, 0.3) is 5.89 Å². The Bertz CT molecular complexity index is 1130. The second-order valence-electron chi connectivity index (χ2n) is 7.91. The molecule has 6 nitrogen and oxygen atoms in total. The summed E-state index contributed by atoms with van der Waals surface area (Å²) in [6.45, 7) is 6.85. The number of aryl methyl sites for hydroxylation is 1. The second-order valence-corrected chi connectivity index (χ2v) is 7.91. The Morgan fingerprint density at radius 1 is 0.871 bits per heavy atom. The van der Waals surface area contributed by atoms with Gasteiger partial charge in [-0.25, -0.2) is 4.98 Å². The third kappa shape index (κ3) is 4.34. The highest BCUT2D eigenvalue weighted by Crippen LogP contribution is 2.30. The quantitative estimate of drug-likeness (QED) is 0.484. The van der Waals surface area contributed by atoms with Crippen molar-refractivity contribution >= 4 is 5.82 Å². The molecule has 5 rings (SSSR count). The summed E-state index contributed by atoms with van der Waals surface area (Å²) in [5.41, 5.74) is 4.38. The number of hydrogen-bond donors (Lipinski definition) is 0. The molecule has 1 aliphatic rings. The molecule has 1 aliphatic heterocycles. The molecule has 0 unspecified atom stereocenters. The Morgan fingerprint density at radius 3 is 2.42 bits per heavy atom. The number of rotatable bonds is 5. The fourth-order valence-corrected chi connectivity index (χ4v) is 3.93. The first-order valence-electron chi connectivity index (χ1n) is 10.6. The van der Waals surface area contributed by atoms with Gasteiger partial charge in [-0.2, -0.15) is 4.98 Å². The fraction of sp³-hybridized carbons (Fsp3) is 0.240. The topological polar surface area (TPSA) is 58.3 Å². The van der Waals surface area contributed by atoms with Crippen LogP contribution < -0.4 is 4.90 Å². The van der Waals surface area contributed by atoms with Crippen molar-refractivity contribution in [3.8, 4) is 22.8 Å². The molecule has 3 heterocycles. The Morgan fingerprint density at radius 2 is 1.65 bits per heavy atom. The van der Waals surface area contributed by atoms with Gasteiger partial charge in [-0.05, 0) is 24.6 Å². The minimum Gasteiger partial charge on any atom is -0.353 e. The lowest BCUT2D eigenvalue weighted by molar-refractivity contribution is 0.249. The zero-order chi connectivity index (χ0) is 21.0. The molecule has 2 aromatic heterocycles. The van der Waals surface area contributed by atoms with Gasteiger partial charge < -0.3 is 9.42 Å². The van der Waals surface area contributed by atoms with E-state index in [0.717, 1.165) is 49.7 Å². The van der Waals surface area contributed by atoms with Crippen molar-refractivity contribution in [1.82, 2.24) is 20.0 Å². The maximum Gasteiger partial charge on any atom is 0.261 e. The standard InChI is InChI=1S/C25H25N5O/c1-19-9-11-21(12-10-19)23-27-25(31-28-23)22-8-5-13-26-24(22)30-16-14-29(15-17-30)18-20-6-3-2-4-7-20/h2-13H,14-18H2,1H3. The molecule has 0 radical (unpaired) electrons. The van der Waals surface area contributed by atoms with Crippen molar-refractivity contribution < 1.29 is 4.52 Å². The molecule has 0 amide bonds. The lowest BCUT2D eigenvalue weighted by atomic mass is 10.1. The molecule has 0 saturated carbocycles. The number of piperazine rings is 1. The van der Waals surface area contributed by atoms with Crippen LogP contribution in [0.15, 0.2) is 77.4 Å². The van der Waals surface area contributed by atoms with E-state index in [9.17, 15) is 0 Å². The molecule has 0 spiro atoms. The first-order valence-corrected chi connectivity index (χ1v) is 10.6. The third-order valence-corrected chi connectivity index (χ3v) is 5.67. The normalized spacial score (nSPS) is 14.7. The molecule has 0 bridgehead atoms. The molecular weight excluding hydrogens is 386 g/mol. The van der Waals surface area contributed by atoms with Gasteiger partial charge in [-0.3, -0.25) is 4.90 Å². The highest BCUT2D eigenvalue weighted by atomic mass is 16.5. The average molecular weight is 412 g/mol. The first-order chi connectivity index (χ1) is 15.3. The molecule has 1 fully saturated rings. The van der Waals surface area contributed by atoms with Gasteiger partial charge in [0.1, 0.15) is 5.82 Å². The molecule has 4 aromatic rings. The average Bonchev–Trinajstić information content (AvgIpc) is 3.31. The van der Waals surface area contributed by atoms with E-state index in [1.165, 1.54) is 11.1 Å². The summed E-state index contributed by atoms with van der Waals surface area (Å²) in [6.07, 6.45) is 1.83. The molecule has 0 atom stereocenters. The summed E-state index contributed by atoms with van der Waals surface area (Å²) < 4.78 is 5.63.